The highest BCUT2D eigenvalue weighted by Crippen LogP contribution is 2.34. The summed E-state index contributed by atoms with van der Waals surface area (Å²) in [7, 11) is 0. The number of rotatable bonds is 6. The third-order valence-corrected chi connectivity index (χ3v) is 7.11. The zero-order chi connectivity index (χ0) is 24.6. The summed E-state index contributed by atoms with van der Waals surface area (Å²) in [6.07, 6.45) is 1.19. The SMILES string of the molecule is O=C(CC[C@H]1NC(=O)N(Cc2ccc3c(c2)OCO3)C1=O)N1CCC(O)(c2ccc(Cl)cc2)CC1. The van der Waals surface area contributed by atoms with Gasteiger partial charge in [0, 0.05) is 24.5 Å². The Labute approximate surface area is 207 Å². The lowest BCUT2D eigenvalue weighted by atomic mass is 9.84. The van der Waals surface area contributed by atoms with Gasteiger partial charge in [-0.3, -0.25) is 14.5 Å². The van der Waals surface area contributed by atoms with Crippen molar-refractivity contribution in [2.24, 2.45) is 0 Å². The van der Waals surface area contributed by atoms with Crippen LogP contribution in [-0.4, -0.2) is 58.7 Å². The van der Waals surface area contributed by atoms with Gasteiger partial charge in [0.05, 0.1) is 12.1 Å². The van der Waals surface area contributed by atoms with Crippen LogP contribution in [0.5, 0.6) is 11.5 Å². The largest absolute Gasteiger partial charge is 0.454 e. The van der Waals surface area contributed by atoms with E-state index >= 15 is 0 Å². The number of nitrogens with one attached hydrogen (secondary N) is 1. The summed E-state index contributed by atoms with van der Waals surface area (Å²) in [5.74, 6) is 0.767. The Hall–Kier alpha value is -3.30. The van der Waals surface area contributed by atoms with E-state index in [0.717, 1.165) is 16.0 Å². The minimum Gasteiger partial charge on any atom is -0.454 e. The number of likely N-dealkylation sites (tertiary alicyclic amines) is 1. The number of urea groups is 1. The molecule has 2 aromatic carbocycles. The number of fused-ring (bicyclic) bond motifs is 1. The minimum atomic E-state index is -0.994. The summed E-state index contributed by atoms with van der Waals surface area (Å²) >= 11 is 5.94. The van der Waals surface area contributed by atoms with Gasteiger partial charge in [0.1, 0.15) is 6.04 Å². The highest BCUT2D eigenvalue weighted by atomic mass is 35.5. The molecule has 1 atom stereocenters. The Morgan fingerprint density at radius 1 is 1.09 bits per heavy atom. The summed E-state index contributed by atoms with van der Waals surface area (Å²) in [4.78, 5) is 40.9. The molecule has 3 heterocycles. The molecule has 0 aliphatic carbocycles. The molecule has 5 rings (SSSR count). The second-order valence-corrected chi connectivity index (χ2v) is 9.51. The van der Waals surface area contributed by atoms with Gasteiger partial charge in [0.25, 0.3) is 5.91 Å². The van der Waals surface area contributed by atoms with Crippen LogP contribution in [0.1, 0.15) is 36.8 Å². The Kier molecular flexibility index (Phi) is 6.29. The van der Waals surface area contributed by atoms with Gasteiger partial charge in [-0.15, -0.1) is 0 Å². The van der Waals surface area contributed by atoms with Gasteiger partial charge in [-0.1, -0.05) is 29.8 Å². The van der Waals surface area contributed by atoms with Gasteiger partial charge < -0.3 is 24.8 Å². The summed E-state index contributed by atoms with van der Waals surface area (Å²) < 4.78 is 10.6. The Morgan fingerprint density at radius 3 is 2.54 bits per heavy atom. The monoisotopic (exact) mass is 499 g/mol. The summed E-state index contributed by atoms with van der Waals surface area (Å²) in [5.41, 5.74) is 0.540. The molecule has 0 aromatic heterocycles. The van der Waals surface area contributed by atoms with Crippen molar-refractivity contribution in [1.29, 1.82) is 0 Å². The molecule has 3 aliphatic rings. The third-order valence-electron chi connectivity index (χ3n) is 6.86. The maximum atomic E-state index is 12.8. The van der Waals surface area contributed by atoms with E-state index in [1.807, 2.05) is 12.1 Å². The predicted octanol–water partition coefficient (Wildman–Crippen LogP) is 2.78. The standard InChI is InChI=1S/C25H26ClN3O6/c26-18-4-2-17(3-5-18)25(33)9-11-28(12-10-25)22(30)8-6-19-23(31)29(24(32)27-19)14-16-1-7-20-21(13-16)35-15-34-20/h1-5,7,13,19,33H,6,8-12,14-15H2,(H,27,32)/t19-/m1/s1. The van der Waals surface area contributed by atoms with Crippen molar-refractivity contribution in [2.75, 3.05) is 19.9 Å². The molecule has 4 amide bonds. The van der Waals surface area contributed by atoms with E-state index < -0.39 is 17.7 Å². The second kappa shape index (κ2) is 9.39. The number of carbonyl (C=O) groups is 3. The average molecular weight is 500 g/mol. The summed E-state index contributed by atoms with van der Waals surface area (Å²) in [5, 5.41) is 14.3. The molecule has 0 saturated carbocycles. The number of aliphatic hydroxyl groups is 1. The molecule has 35 heavy (non-hydrogen) atoms. The van der Waals surface area contributed by atoms with E-state index in [1.54, 1.807) is 35.2 Å². The number of imide groups is 1. The number of amides is 4. The first-order valence-electron chi connectivity index (χ1n) is 11.6. The normalized spacial score (nSPS) is 20.8. The van der Waals surface area contributed by atoms with Crippen LogP contribution in [0.3, 0.4) is 0 Å². The number of ether oxygens (including phenoxy) is 2. The Morgan fingerprint density at radius 2 is 1.80 bits per heavy atom. The average Bonchev–Trinajstić information content (AvgIpc) is 3.43. The van der Waals surface area contributed by atoms with Gasteiger partial charge in [-0.25, -0.2) is 4.79 Å². The van der Waals surface area contributed by atoms with Gasteiger partial charge in [0.15, 0.2) is 11.5 Å². The summed E-state index contributed by atoms with van der Waals surface area (Å²) in [6.45, 7) is 1.09. The number of nitrogens with zero attached hydrogens (tertiary/aromatic N) is 2. The van der Waals surface area contributed by atoms with Crippen LogP contribution in [0.15, 0.2) is 42.5 Å². The van der Waals surface area contributed by atoms with Crippen molar-refractivity contribution in [3.63, 3.8) is 0 Å². The molecule has 0 bridgehead atoms. The van der Waals surface area contributed by atoms with Gasteiger partial charge in [-0.2, -0.15) is 0 Å². The van der Waals surface area contributed by atoms with E-state index in [9.17, 15) is 19.5 Å². The lowest BCUT2D eigenvalue weighted by Crippen LogP contribution is -2.45. The Balaban J connectivity index is 1.12. The van der Waals surface area contributed by atoms with Crippen LogP contribution in [0.2, 0.25) is 5.02 Å². The highest BCUT2D eigenvalue weighted by molar-refractivity contribution is 6.30. The molecule has 2 aromatic rings. The molecule has 10 heteroatoms. The quantitative estimate of drug-likeness (QED) is 0.592. The van der Waals surface area contributed by atoms with E-state index in [-0.39, 0.29) is 38.0 Å². The van der Waals surface area contributed by atoms with Crippen molar-refractivity contribution in [2.45, 2.75) is 43.9 Å². The first-order valence-corrected chi connectivity index (χ1v) is 12.0. The zero-order valence-electron chi connectivity index (χ0n) is 19.0. The van der Waals surface area contributed by atoms with Crippen LogP contribution >= 0.6 is 11.6 Å². The molecule has 184 valence electrons. The third kappa shape index (κ3) is 4.78. The van der Waals surface area contributed by atoms with Crippen LogP contribution in [0.25, 0.3) is 0 Å². The number of carbonyl (C=O) groups excluding carboxylic acids is 3. The topological polar surface area (TPSA) is 108 Å². The van der Waals surface area contributed by atoms with E-state index in [4.69, 9.17) is 21.1 Å². The number of hydrogen-bond donors (Lipinski definition) is 2. The number of hydrogen-bond acceptors (Lipinski definition) is 6. The molecule has 2 saturated heterocycles. The van der Waals surface area contributed by atoms with Crippen molar-refractivity contribution >= 4 is 29.4 Å². The molecule has 9 nitrogen and oxygen atoms in total. The van der Waals surface area contributed by atoms with Crippen LogP contribution in [0, 0.1) is 0 Å². The molecule has 0 spiro atoms. The second-order valence-electron chi connectivity index (χ2n) is 9.07. The molecule has 0 unspecified atom stereocenters. The molecular formula is C25H26ClN3O6. The first kappa shape index (κ1) is 23.4. The Bertz CT molecular complexity index is 1150. The number of benzene rings is 2. The maximum Gasteiger partial charge on any atom is 0.325 e. The molecule has 0 radical (unpaired) electrons. The van der Waals surface area contributed by atoms with Crippen molar-refractivity contribution in [1.82, 2.24) is 15.1 Å². The van der Waals surface area contributed by atoms with Crippen LogP contribution < -0.4 is 14.8 Å². The van der Waals surface area contributed by atoms with E-state index in [2.05, 4.69) is 5.32 Å². The van der Waals surface area contributed by atoms with Crippen molar-refractivity contribution in [3.05, 3.63) is 58.6 Å². The van der Waals surface area contributed by atoms with E-state index in [1.165, 1.54) is 0 Å². The molecular weight excluding hydrogens is 474 g/mol. The van der Waals surface area contributed by atoms with E-state index in [0.29, 0.717) is 42.5 Å². The number of halogens is 1. The molecule has 2 N–H and O–H groups in total. The fourth-order valence-electron chi connectivity index (χ4n) is 4.74. The number of piperidine rings is 1. The highest BCUT2D eigenvalue weighted by Gasteiger charge is 2.39. The summed E-state index contributed by atoms with van der Waals surface area (Å²) in [6, 6.07) is 11.2. The van der Waals surface area contributed by atoms with Gasteiger partial charge in [-0.05, 0) is 54.7 Å². The van der Waals surface area contributed by atoms with Crippen molar-refractivity contribution < 1.29 is 29.0 Å². The zero-order valence-corrected chi connectivity index (χ0v) is 19.8. The lowest BCUT2D eigenvalue weighted by Gasteiger charge is -2.38. The fraction of sp³-hybridized carbons (Fsp3) is 0.400. The lowest BCUT2D eigenvalue weighted by molar-refractivity contribution is -0.136. The first-order chi connectivity index (χ1) is 16.8. The predicted molar refractivity (Wildman–Crippen MR) is 126 cm³/mol. The van der Waals surface area contributed by atoms with Crippen LogP contribution in [0.4, 0.5) is 4.79 Å². The smallest absolute Gasteiger partial charge is 0.325 e. The van der Waals surface area contributed by atoms with Gasteiger partial charge >= 0.3 is 6.03 Å². The van der Waals surface area contributed by atoms with Gasteiger partial charge in [0.2, 0.25) is 12.7 Å². The molecule has 2 fully saturated rings. The maximum absolute atomic E-state index is 12.8. The van der Waals surface area contributed by atoms with Crippen molar-refractivity contribution in [3.8, 4) is 11.5 Å². The molecule has 3 aliphatic heterocycles. The van der Waals surface area contributed by atoms with Crippen LogP contribution in [-0.2, 0) is 21.7 Å². The minimum absolute atomic E-state index is 0.0978. The fourth-order valence-corrected chi connectivity index (χ4v) is 4.87.